The van der Waals surface area contributed by atoms with Crippen molar-refractivity contribution in [2.45, 2.75) is 19.8 Å². The molecule has 0 rings (SSSR count). The first-order valence-corrected chi connectivity index (χ1v) is 6.49. The molecule has 0 aliphatic carbocycles. The highest BCUT2D eigenvalue weighted by molar-refractivity contribution is 7.46. The normalized spacial score (nSPS) is 13.5. The van der Waals surface area contributed by atoms with Crippen LogP contribution in [0.2, 0.25) is 0 Å². The summed E-state index contributed by atoms with van der Waals surface area (Å²) in [5, 5.41) is 8.76. The molecule has 3 N–H and O–H groups in total. The summed E-state index contributed by atoms with van der Waals surface area (Å²) in [6.45, 7) is 1.92. The van der Waals surface area contributed by atoms with E-state index in [2.05, 4.69) is 4.52 Å². The van der Waals surface area contributed by atoms with E-state index in [0.717, 1.165) is 0 Å². The van der Waals surface area contributed by atoms with E-state index in [1.54, 1.807) is 0 Å². The molecule has 0 heterocycles. The molecule has 0 aliphatic rings. The molecule has 100 valence electrons. The van der Waals surface area contributed by atoms with Gasteiger partial charge in [0.15, 0.2) is 0 Å². The molecule has 0 saturated heterocycles. The lowest BCUT2D eigenvalue weighted by Crippen LogP contribution is -2.13. The van der Waals surface area contributed by atoms with Crippen LogP contribution in [0.3, 0.4) is 0 Å². The molecule has 7 nitrogen and oxygen atoms in total. The molecule has 0 bridgehead atoms. The molecule has 0 spiro atoms. The maximum absolute atomic E-state index is 10.7. The van der Waals surface area contributed by atoms with E-state index < -0.39 is 13.8 Å². The molecule has 0 aromatic carbocycles. The number of carbonyl (C=O) groups is 1. The predicted molar refractivity (Wildman–Crippen MR) is 61.3 cm³/mol. The molecule has 0 atom stereocenters. The molecule has 0 radical (unpaired) electrons. The molecule has 0 unspecified atom stereocenters. The van der Waals surface area contributed by atoms with Crippen molar-refractivity contribution < 1.29 is 28.8 Å². The monoisotopic (exact) mass is 267 g/mol. The summed E-state index contributed by atoms with van der Waals surface area (Å²) in [7, 11) is -1.03. The maximum Gasteiger partial charge on any atom is 0.524 e. The SMILES string of the molecule is CC(C(=O)O)=C(CCCN(C)C)OP(=O)(O)O. The Balaban J connectivity index is 4.70. The van der Waals surface area contributed by atoms with Gasteiger partial charge in [-0.3, -0.25) is 9.79 Å². The third-order valence-corrected chi connectivity index (χ3v) is 2.44. The number of carboxylic acid groups (broad SMARTS) is 1. The molecule has 17 heavy (non-hydrogen) atoms. The predicted octanol–water partition coefficient (Wildman–Crippen LogP) is 0.796. The van der Waals surface area contributed by atoms with Crippen LogP contribution in [-0.2, 0) is 13.9 Å². The molecule has 0 aromatic heterocycles. The zero-order valence-corrected chi connectivity index (χ0v) is 11.0. The van der Waals surface area contributed by atoms with E-state index in [1.165, 1.54) is 6.92 Å². The Morgan fingerprint density at radius 2 is 1.88 bits per heavy atom. The summed E-state index contributed by atoms with van der Waals surface area (Å²) in [4.78, 5) is 30.0. The number of phosphoric acid groups is 1. The summed E-state index contributed by atoms with van der Waals surface area (Å²) in [5.41, 5.74) is -0.188. The van der Waals surface area contributed by atoms with Gasteiger partial charge in [-0.05, 0) is 34.0 Å². The zero-order valence-electron chi connectivity index (χ0n) is 10.1. The Kier molecular flexibility index (Phi) is 6.41. The van der Waals surface area contributed by atoms with Crippen LogP contribution in [0.25, 0.3) is 0 Å². The number of nitrogens with zero attached hydrogens (tertiary/aromatic N) is 1. The number of allylic oxidation sites excluding steroid dienone is 1. The second kappa shape index (κ2) is 6.76. The number of hydrogen-bond donors (Lipinski definition) is 3. The van der Waals surface area contributed by atoms with E-state index in [0.29, 0.717) is 13.0 Å². The molecule has 0 amide bonds. The van der Waals surface area contributed by atoms with Crippen molar-refractivity contribution in [3.05, 3.63) is 11.3 Å². The number of carboxylic acids is 1. The summed E-state index contributed by atoms with van der Waals surface area (Å²) >= 11 is 0. The number of hydrogen-bond acceptors (Lipinski definition) is 4. The van der Waals surface area contributed by atoms with Gasteiger partial charge in [-0.1, -0.05) is 0 Å². The largest absolute Gasteiger partial charge is 0.524 e. The van der Waals surface area contributed by atoms with Gasteiger partial charge in [0.2, 0.25) is 0 Å². The third-order valence-electron chi connectivity index (χ3n) is 1.98. The first kappa shape index (κ1) is 16.1. The van der Waals surface area contributed by atoms with E-state index >= 15 is 0 Å². The lowest BCUT2D eigenvalue weighted by Gasteiger charge is -2.14. The van der Waals surface area contributed by atoms with Gasteiger partial charge in [-0.15, -0.1) is 0 Å². The summed E-state index contributed by atoms with van der Waals surface area (Å²) in [6, 6.07) is 0. The van der Waals surface area contributed by atoms with Gasteiger partial charge in [-0.2, -0.15) is 0 Å². The van der Waals surface area contributed by atoms with Gasteiger partial charge in [0.1, 0.15) is 5.76 Å². The van der Waals surface area contributed by atoms with Gasteiger partial charge >= 0.3 is 13.8 Å². The van der Waals surface area contributed by atoms with Crippen molar-refractivity contribution in [2.24, 2.45) is 0 Å². The van der Waals surface area contributed by atoms with Crippen molar-refractivity contribution in [2.75, 3.05) is 20.6 Å². The molecule has 0 fully saturated rings. The minimum Gasteiger partial charge on any atom is -0.478 e. The van der Waals surface area contributed by atoms with Crippen LogP contribution in [0.5, 0.6) is 0 Å². The van der Waals surface area contributed by atoms with Crippen molar-refractivity contribution >= 4 is 13.8 Å². The quantitative estimate of drug-likeness (QED) is 0.355. The summed E-state index contributed by atoms with van der Waals surface area (Å²) in [5.74, 6) is -1.43. The molecular formula is C9H18NO6P. The van der Waals surface area contributed by atoms with Crippen LogP contribution in [0.1, 0.15) is 19.8 Å². The van der Waals surface area contributed by atoms with Crippen molar-refractivity contribution in [1.29, 1.82) is 0 Å². The van der Waals surface area contributed by atoms with Crippen molar-refractivity contribution in [3.8, 4) is 0 Å². The molecule has 8 heteroatoms. The van der Waals surface area contributed by atoms with E-state index in [4.69, 9.17) is 14.9 Å². The highest BCUT2D eigenvalue weighted by atomic mass is 31.2. The van der Waals surface area contributed by atoms with Gasteiger partial charge in [0, 0.05) is 6.42 Å². The van der Waals surface area contributed by atoms with Crippen LogP contribution in [-0.4, -0.2) is 46.4 Å². The standard InChI is InChI=1S/C9H18NO6P/c1-7(9(11)12)8(16-17(13,14)15)5-4-6-10(2)3/h4-6H2,1-3H3,(H,11,12)(H2,13,14,15). The lowest BCUT2D eigenvalue weighted by atomic mass is 10.2. The number of phosphoric ester groups is 1. The van der Waals surface area contributed by atoms with Crippen LogP contribution in [0.15, 0.2) is 11.3 Å². The Bertz CT molecular complexity index is 345. The highest BCUT2D eigenvalue weighted by Gasteiger charge is 2.21. The van der Waals surface area contributed by atoms with Crippen LogP contribution in [0, 0.1) is 0 Å². The Morgan fingerprint density at radius 1 is 1.35 bits per heavy atom. The zero-order chi connectivity index (χ0) is 13.6. The second-order valence-electron chi connectivity index (χ2n) is 3.84. The first-order chi connectivity index (χ1) is 7.63. The molecule has 0 saturated carbocycles. The smallest absolute Gasteiger partial charge is 0.478 e. The number of rotatable bonds is 7. The van der Waals surface area contributed by atoms with E-state index in [9.17, 15) is 9.36 Å². The summed E-state index contributed by atoms with van der Waals surface area (Å²) in [6.07, 6.45) is 0.717. The van der Waals surface area contributed by atoms with Crippen molar-refractivity contribution in [3.63, 3.8) is 0 Å². The van der Waals surface area contributed by atoms with Crippen LogP contribution < -0.4 is 0 Å². The Labute approximate surface area is 99.9 Å². The van der Waals surface area contributed by atoms with Gasteiger partial charge in [0.25, 0.3) is 0 Å². The average molecular weight is 267 g/mol. The number of aliphatic carboxylic acids is 1. The van der Waals surface area contributed by atoms with E-state index in [1.807, 2.05) is 19.0 Å². The van der Waals surface area contributed by atoms with Gasteiger partial charge < -0.3 is 14.5 Å². The fourth-order valence-electron chi connectivity index (χ4n) is 1.12. The lowest BCUT2D eigenvalue weighted by molar-refractivity contribution is -0.132. The first-order valence-electron chi connectivity index (χ1n) is 4.96. The maximum atomic E-state index is 10.7. The minimum atomic E-state index is -4.71. The molecule has 0 aromatic rings. The van der Waals surface area contributed by atoms with Gasteiger partial charge in [0.05, 0.1) is 5.57 Å². The second-order valence-corrected chi connectivity index (χ2v) is 5.01. The van der Waals surface area contributed by atoms with Crippen LogP contribution >= 0.6 is 7.82 Å². The summed E-state index contributed by atoms with van der Waals surface area (Å²) < 4.78 is 15.1. The fourth-order valence-corrected chi connectivity index (χ4v) is 1.64. The van der Waals surface area contributed by atoms with Crippen molar-refractivity contribution in [1.82, 2.24) is 4.90 Å². The molecule has 0 aliphatic heterocycles. The third kappa shape index (κ3) is 7.93. The average Bonchev–Trinajstić information content (AvgIpc) is 2.12. The van der Waals surface area contributed by atoms with Crippen LogP contribution in [0.4, 0.5) is 0 Å². The Hall–Kier alpha value is -0.880. The fraction of sp³-hybridized carbons (Fsp3) is 0.667. The highest BCUT2D eigenvalue weighted by Crippen LogP contribution is 2.40. The van der Waals surface area contributed by atoms with E-state index in [-0.39, 0.29) is 17.8 Å². The minimum absolute atomic E-state index is 0.168. The topological polar surface area (TPSA) is 107 Å². The van der Waals surface area contributed by atoms with Gasteiger partial charge in [-0.25, -0.2) is 9.36 Å². The Morgan fingerprint density at radius 3 is 2.24 bits per heavy atom. The molecular weight excluding hydrogens is 249 g/mol.